The SMILES string of the molecule is [2H]C([2H])([2H])c1ccc(-c2ccnc(-c3cc(-c4ccccc4)cc(-c4cccc5c4nc(-c4cc(C(C)(C)C)cc(C(C)(C)C)c4O)n5-c4cc(C([2H])([2H])[2H])c(C(C)(C)C)cc4-c4ccc(C(C)(C)C)cc4)c3)c2)cc1. The van der Waals surface area contributed by atoms with Gasteiger partial charge in [0, 0.05) is 36.7 Å². The molecule has 354 valence electrons. The van der Waals surface area contributed by atoms with Crippen molar-refractivity contribution in [1.82, 2.24) is 14.5 Å². The number of rotatable bonds is 7. The predicted octanol–water partition coefficient (Wildman–Crippen LogP) is 17.9. The molecule has 7 aromatic carbocycles. The number of phenolic OH excluding ortho intramolecular Hbond substituents is 1. The third kappa shape index (κ3) is 9.37. The summed E-state index contributed by atoms with van der Waals surface area (Å²) in [5.41, 5.74) is 14.2. The average molecular weight is 926 g/mol. The first-order chi connectivity index (χ1) is 35.4. The predicted molar refractivity (Wildman–Crippen MR) is 297 cm³/mol. The summed E-state index contributed by atoms with van der Waals surface area (Å²) in [6.45, 7) is 20.9. The van der Waals surface area contributed by atoms with Crippen LogP contribution < -0.4 is 0 Å². The molecule has 0 aliphatic carbocycles. The summed E-state index contributed by atoms with van der Waals surface area (Å²) < 4.78 is 53.0. The lowest BCUT2D eigenvalue weighted by molar-refractivity contribution is 0.446. The first-order valence-electron chi connectivity index (χ1n) is 27.4. The Hall–Kier alpha value is -7.04. The number of benzene rings is 7. The number of fused-ring (bicyclic) bond motifs is 1. The Balaban J connectivity index is 1.39. The second kappa shape index (κ2) is 17.7. The van der Waals surface area contributed by atoms with Gasteiger partial charge in [0.15, 0.2) is 0 Å². The number of hydrogen-bond donors (Lipinski definition) is 1. The van der Waals surface area contributed by atoms with Gasteiger partial charge in [0.25, 0.3) is 0 Å². The van der Waals surface area contributed by atoms with Gasteiger partial charge in [0.2, 0.25) is 0 Å². The molecule has 0 radical (unpaired) electrons. The van der Waals surface area contributed by atoms with Gasteiger partial charge in [0.05, 0.1) is 28.0 Å². The first kappa shape index (κ1) is 40.8. The van der Waals surface area contributed by atoms with Gasteiger partial charge in [-0.15, -0.1) is 0 Å². The van der Waals surface area contributed by atoms with Crippen LogP contribution in [0.4, 0.5) is 0 Å². The Morgan fingerprint density at radius 1 is 0.457 bits per heavy atom. The van der Waals surface area contributed by atoms with Gasteiger partial charge in [-0.1, -0.05) is 186 Å². The van der Waals surface area contributed by atoms with Gasteiger partial charge in [-0.25, -0.2) is 4.98 Å². The Kier molecular flexibility index (Phi) is 10.3. The van der Waals surface area contributed by atoms with Crippen molar-refractivity contribution < 1.29 is 13.3 Å². The maximum absolute atomic E-state index is 12.8. The molecule has 2 heterocycles. The van der Waals surface area contributed by atoms with E-state index in [-0.39, 0.29) is 27.7 Å². The number of pyridine rings is 1. The van der Waals surface area contributed by atoms with Crippen LogP contribution in [0.25, 0.3) is 83.9 Å². The second-order valence-electron chi connectivity index (χ2n) is 23.0. The highest BCUT2D eigenvalue weighted by Crippen LogP contribution is 2.47. The Morgan fingerprint density at radius 2 is 1.10 bits per heavy atom. The molecule has 70 heavy (non-hydrogen) atoms. The minimum atomic E-state index is -2.47. The van der Waals surface area contributed by atoms with Crippen LogP contribution >= 0.6 is 0 Å². The molecule has 1 N–H and O–H groups in total. The van der Waals surface area contributed by atoms with Crippen molar-refractivity contribution in [2.45, 2.75) is 118 Å². The van der Waals surface area contributed by atoms with Crippen LogP contribution in [0.5, 0.6) is 5.75 Å². The molecule has 4 nitrogen and oxygen atoms in total. The summed E-state index contributed by atoms with van der Waals surface area (Å²) in [6.07, 6.45) is 1.78. The number of aromatic nitrogens is 3. The molecule has 0 atom stereocenters. The lowest BCUT2D eigenvalue weighted by Gasteiger charge is -2.28. The van der Waals surface area contributed by atoms with Crippen LogP contribution in [0.15, 0.2) is 158 Å². The second-order valence-corrected chi connectivity index (χ2v) is 23.0. The highest BCUT2D eigenvalue weighted by molar-refractivity contribution is 5.98. The van der Waals surface area contributed by atoms with Crippen molar-refractivity contribution in [2.24, 2.45) is 0 Å². The summed E-state index contributed by atoms with van der Waals surface area (Å²) in [7, 11) is 0. The monoisotopic (exact) mass is 926 g/mol. The van der Waals surface area contributed by atoms with Gasteiger partial charge in [0.1, 0.15) is 11.6 Å². The number of hydrogen-bond acceptors (Lipinski definition) is 3. The lowest BCUT2D eigenvalue weighted by atomic mass is 9.78. The Labute approximate surface area is 425 Å². The molecule has 0 spiro atoms. The number of aromatic hydroxyl groups is 1. The summed E-state index contributed by atoms with van der Waals surface area (Å²) >= 11 is 0. The molecule has 0 aliphatic rings. The molecule has 0 fully saturated rings. The molecule has 9 rings (SSSR count). The Bertz CT molecular complexity index is 3630. The van der Waals surface area contributed by atoms with Gasteiger partial charge in [-0.3, -0.25) is 9.55 Å². The van der Waals surface area contributed by atoms with E-state index < -0.39 is 24.5 Å². The summed E-state index contributed by atoms with van der Waals surface area (Å²) in [6, 6.07) is 50.4. The van der Waals surface area contributed by atoms with Gasteiger partial charge in [-0.2, -0.15) is 0 Å². The highest BCUT2D eigenvalue weighted by Gasteiger charge is 2.30. The number of nitrogens with zero attached hydrogens (tertiary/aromatic N) is 3. The minimum absolute atomic E-state index is 0.0979. The van der Waals surface area contributed by atoms with Crippen molar-refractivity contribution in [3.8, 4) is 78.6 Å². The van der Waals surface area contributed by atoms with Crippen LogP contribution in [0.3, 0.4) is 0 Å². The largest absolute Gasteiger partial charge is 0.507 e. The van der Waals surface area contributed by atoms with E-state index in [9.17, 15) is 5.11 Å². The topological polar surface area (TPSA) is 50.9 Å². The number of aryl methyl sites for hydroxylation is 2. The van der Waals surface area contributed by atoms with Gasteiger partial charge in [-0.05, 0) is 146 Å². The summed E-state index contributed by atoms with van der Waals surface area (Å²) in [5, 5.41) is 12.8. The van der Waals surface area contributed by atoms with E-state index >= 15 is 0 Å². The van der Waals surface area contributed by atoms with E-state index in [1.165, 1.54) is 5.56 Å². The third-order valence-electron chi connectivity index (χ3n) is 13.6. The van der Waals surface area contributed by atoms with E-state index in [1.807, 2.05) is 60.7 Å². The smallest absolute Gasteiger partial charge is 0.149 e. The van der Waals surface area contributed by atoms with E-state index in [1.54, 1.807) is 18.3 Å². The number of phenols is 1. The van der Waals surface area contributed by atoms with Crippen molar-refractivity contribution in [3.63, 3.8) is 0 Å². The number of imidazole rings is 1. The molecule has 9 aromatic rings. The van der Waals surface area contributed by atoms with E-state index in [2.05, 4.69) is 167 Å². The molecule has 0 aliphatic heterocycles. The maximum Gasteiger partial charge on any atom is 0.149 e. The lowest BCUT2D eigenvalue weighted by Crippen LogP contribution is -2.17. The fourth-order valence-electron chi connectivity index (χ4n) is 9.50. The molecule has 0 saturated carbocycles. The quantitative estimate of drug-likeness (QED) is 0.173. The van der Waals surface area contributed by atoms with Crippen LogP contribution in [0.2, 0.25) is 0 Å². The van der Waals surface area contributed by atoms with Gasteiger partial charge >= 0.3 is 0 Å². The highest BCUT2D eigenvalue weighted by atomic mass is 16.3. The molecule has 0 amide bonds. The van der Waals surface area contributed by atoms with Crippen LogP contribution in [0.1, 0.15) is 125 Å². The molecule has 4 heteroatoms. The fourth-order valence-corrected chi connectivity index (χ4v) is 9.50. The zero-order chi connectivity index (χ0) is 55.1. The molecule has 0 unspecified atom stereocenters. The average Bonchev–Trinajstić information content (AvgIpc) is 3.74. The van der Waals surface area contributed by atoms with Crippen LogP contribution in [-0.2, 0) is 21.7 Å². The van der Waals surface area contributed by atoms with Crippen LogP contribution in [-0.4, -0.2) is 19.6 Å². The van der Waals surface area contributed by atoms with E-state index in [4.69, 9.17) is 18.2 Å². The molecule has 2 aromatic heterocycles. The maximum atomic E-state index is 12.8. The normalized spacial score (nSPS) is 14.1. The van der Waals surface area contributed by atoms with Gasteiger partial charge < -0.3 is 5.11 Å². The molecule has 0 bridgehead atoms. The zero-order valence-electron chi connectivity index (χ0n) is 48.8. The fraction of sp³-hybridized carbons (Fsp3) is 0.273. The summed E-state index contributed by atoms with van der Waals surface area (Å²) in [4.78, 5) is 10.6. The van der Waals surface area contributed by atoms with Crippen molar-refractivity contribution in [1.29, 1.82) is 0 Å². The van der Waals surface area contributed by atoms with Crippen molar-refractivity contribution in [3.05, 3.63) is 191 Å². The standard InChI is InChI=1S/C66H69N3O/c1-41-23-25-44(26-24-41)46-31-32-67-57(37-46)49-35-47(43-19-16-15-17-20-43)34-48(36-49)52-21-18-22-58-60(52)68-62(54-38-51(64(6,7)8)39-56(61(54)70)66(12,13)14)69(58)59-33-42(2)55(65(9,10)11)40-53(59)45-27-29-50(30-28-45)63(3,4)5/h15-40,70H,1-14H3/i1D3,2D3. The van der Waals surface area contributed by atoms with Crippen molar-refractivity contribution in [2.75, 3.05) is 0 Å². The molecule has 0 saturated heterocycles. The number of para-hydroxylation sites is 1. The van der Waals surface area contributed by atoms with E-state index in [0.29, 0.717) is 22.6 Å². The first-order valence-corrected chi connectivity index (χ1v) is 24.4. The molecular formula is C66H69N3O. The van der Waals surface area contributed by atoms with Crippen molar-refractivity contribution >= 4 is 11.0 Å². The zero-order valence-corrected chi connectivity index (χ0v) is 42.8. The summed E-state index contributed by atoms with van der Waals surface area (Å²) in [5.74, 6) is 0.590. The van der Waals surface area contributed by atoms with E-state index in [0.717, 1.165) is 78.0 Å². The van der Waals surface area contributed by atoms with Crippen LogP contribution in [0, 0.1) is 13.7 Å². The minimum Gasteiger partial charge on any atom is -0.507 e. The molecular weight excluding hydrogens is 851 g/mol. The third-order valence-corrected chi connectivity index (χ3v) is 13.6. The Morgan fingerprint density at radius 3 is 1.74 bits per heavy atom.